The van der Waals surface area contributed by atoms with Crippen molar-refractivity contribution in [2.75, 3.05) is 5.75 Å². The lowest BCUT2D eigenvalue weighted by molar-refractivity contribution is -0.125. The van der Waals surface area contributed by atoms with Crippen molar-refractivity contribution < 1.29 is 14.7 Å². The van der Waals surface area contributed by atoms with E-state index in [4.69, 9.17) is 0 Å². The van der Waals surface area contributed by atoms with E-state index in [0.717, 1.165) is 46.9 Å². The number of amides is 2. The van der Waals surface area contributed by atoms with E-state index >= 15 is 0 Å². The summed E-state index contributed by atoms with van der Waals surface area (Å²) in [5.41, 5.74) is 6.65. The first kappa shape index (κ1) is 21.0. The number of hydrogen-bond acceptors (Lipinski definition) is 4. The second-order valence-corrected chi connectivity index (χ2v) is 10.8. The van der Waals surface area contributed by atoms with Gasteiger partial charge in [-0.15, -0.1) is 0 Å². The van der Waals surface area contributed by atoms with Gasteiger partial charge in [0.05, 0.1) is 12.3 Å². The second-order valence-electron chi connectivity index (χ2n) is 9.87. The van der Waals surface area contributed by atoms with Crippen LogP contribution < -0.4 is 0 Å². The lowest BCUT2D eigenvalue weighted by Gasteiger charge is -2.42. The highest BCUT2D eigenvalue weighted by Crippen LogP contribution is 2.48. The van der Waals surface area contributed by atoms with Crippen molar-refractivity contribution in [1.29, 1.82) is 0 Å². The monoisotopic (exact) mass is 423 g/mol. The molecular formula is C25H29NO3S. The fourth-order valence-corrected chi connectivity index (χ4v) is 5.35. The van der Waals surface area contributed by atoms with Crippen LogP contribution in [0.15, 0.2) is 30.3 Å². The molecule has 30 heavy (non-hydrogen) atoms. The number of imide groups is 1. The molecule has 1 heterocycles. The van der Waals surface area contributed by atoms with E-state index in [-0.39, 0.29) is 40.0 Å². The van der Waals surface area contributed by atoms with E-state index in [0.29, 0.717) is 0 Å². The zero-order valence-electron chi connectivity index (χ0n) is 18.3. The summed E-state index contributed by atoms with van der Waals surface area (Å²) < 4.78 is 0. The van der Waals surface area contributed by atoms with Crippen molar-refractivity contribution >= 4 is 22.9 Å². The van der Waals surface area contributed by atoms with Gasteiger partial charge in [0.15, 0.2) is 0 Å². The molecule has 1 fully saturated rings. The van der Waals surface area contributed by atoms with Crippen LogP contribution in [-0.4, -0.2) is 26.9 Å². The minimum Gasteiger partial charge on any atom is -0.507 e. The molecule has 158 valence electrons. The second kappa shape index (κ2) is 7.16. The van der Waals surface area contributed by atoms with Gasteiger partial charge in [-0.2, -0.15) is 0 Å². The number of thioether (sulfide) groups is 1. The molecule has 5 heteroatoms. The van der Waals surface area contributed by atoms with E-state index < -0.39 is 0 Å². The first-order chi connectivity index (χ1) is 14.0. The first-order valence-electron chi connectivity index (χ1n) is 10.4. The molecule has 0 radical (unpaired) electrons. The maximum absolute atomic E-state index is 12.0. The maximum atomic E-state index is 12.0. The number of carbonyl (C=O) groups is 2. The molecule has 0 saturated carbocycles. The summed E-state index contributed by atoms with van der Waals surface area (Å²) >= 11 is 1.04. The molecule has 0 aromatic heterocycles. The van der Waals surface area contributed by atoms with Crippen LogP contribution in [-0.2, 0) is 22.2 Å². The number of hydrogen-bond donors (Lipinski definition) is 1. The van der Waals surface area contributed by atoms with Gasteiger partial charge in [0.1, 0.15) is 5.75 Å². The van der Waals surface area contributed by atoms with Crippen LogP contribution in [0.25, 0.3) is 11.1 Å². The smallest absolute Gasteiger partial charge is 0.289 e. The molecule has 0 unspecified atom stereocenters. The minimum atomic E-state index is -0.205. The molecule has 0 atom stereocenters. The van der Waals surface area contributed by atoms with E-state index in [1.54, 1.807) is 12.1 Å². The summed E-state index contributed by atoms with van der Waals surface area (Å²) in [5.74, 6) is 0.259. The van der Waals surface area contributed by atoms with E-state index in [9.17, 15) is 14.7 Å². The van der Waals surface area contributed by atoms with Crippen LogP contribution >= 0.6 is 11.8 Å². The third-order valence-electron chi connectivity index (χ3n) is 6.73. The molecule has 1 aliphatic carbocycles. The highest BCUT2D eigenvalue weighted by atomic mass is 32.2. The van der Waals surface area contributed by atoms with Gasteiger partial charge in [-0.05, 0) is 76.6 Å². The molecule has 2 aromatic rings. The van der Waals surface area contributed by atoms with Gasteiger partial charge in [-0.25, -0.2) is 0 Å². The van der Waals surface area contributed by atoms with Crippen molar-refractivity contribution in [3.63, 3.8) is 0 Å². The molecule has 0 bridgehead atoms. The van der Waals surface area contributed by atoms with Crippen LogP contribution in [0.2, 0.25) is 0 Å². The van der Waals surface area contributed by atoms with Crippen molar-refractivity contribution in [1.82, 2.24) is 4.90 Å². The Labute approximate surface area is 182 Å². The lowest BCUT2D eigenvalue weighted by Crippen LogP contribution is -2.34. The Bertz CT molecular complexity index is 1040. The fraction of sp³-hybridized carbons (Fsp3) is 0.440. The Balaban J connectivity index is 1.79. The number of rotatable bonds is 3. The molecule has 1 aliphatic heterocycles. The lowest BCUT2D eigenvalue weighted by atomic mass is 9.62. The van der Waals surface area contributed by atoms with Gasteiger partial charge in [0.2, 0.25) is 5.91 Å². The summed E-state index contributed by atoms with van der Waals surface area (Å²) in [7, 11) is 0. The number of fused-ring (bicyclic) bond motifs is 1. The van der Waals surface area contributed by atoms with E-state index in [2.05, 4.69) is 46.8 Å². The van der Waals surface area contributed by atoms with Crippen LogP contribution in [0.4, 0.5) is 4.79 Å². The number of aromatic hydroxyl groups is 1. The molecule has 2 aliphatic rings. The molecule has 4 nitrogen and oxygen atoms in total. The quantitative estimate of drug-likeness (QED) is 0.666. The SMILES string of the molecule is Cc1cc2c(cc1-c1cc(CN3C(=O)CSC3=O)ccc1O)C(C)(C)CCC2(C)C. The molecule has 4 rings (SSSR count). The Morgan fingerprint density at radius 1 is 0.967 bits per heavy atom. The summed E-state index contributed by atoms with van der Waals surface area (Å²) in [4.78, 5) is 25.3. The van der Waals surface area contributed by atoms with Crippen LogP contribution in [0.5, 0.6) is 5.75 Å². The zero-order chi connectivity index (χ0) is 21.8. The Hall–Kier alpha value is -2.27. The van der Waals surface area contributed by atoms with E-state index in [1.165, 1.54) is 16.0 Å². The number of phenolic OH excluding ortho intramolecular Hbond substituents is 1. The average molecular weight is 424 g/mol. The van der Waals surface area contributed by atoms with Crippen LogP contribution in [0, 0.1) is 6.92 Å². The average Bonchev–Trinajstić information content (AvgIpc) is 2.99. The number of aryl methyl sites for hydroxylation is 1. The van der Waals surface area contributed by atoms with Gasteiger partial charge in [-0.3, -0.25) is 14.5 Å². The van der Waals surface area contributed by atoms with E-state index in [1.807, 2.05) is 6.07 Å². The molecule has 0 spiro atoms. The fourth-order valence-electron chi connectivity index (χ4n) is 4.63. The van der Waals surface area contributed by atoms with Crippen molar-refractivity contribution in [3.8, 4) is 16.9 Å². The van der Waals surface area contributed by atoms with Gasteiger partial charge < -0.3 is 5.11 Å². The van der Waals surface area contributed by atoms with Crippen LogP contribution in [0.1, 0.15) is 62.8 Å². The van der Waals surface area contributed by atoms with Gasteiger partial charge >= 0.3 is 0 Å². The number of phenols is 1. The predicted molar refractivity (Wildman–Crippen MR) is 122 cm³/mol. The maximum Gasteiger partial charge on any atom is 0.289 e. The molecule has 2 aromatic carbocycles. The zero-order valence-corrected chi connectivity index (χ0v) is 19.2. The van der Waals surface area contributed by atoms with Crippen molar-refractivity contribution in [2.24, 2.45) is 0 Å². The van der Waals surface area contributed by atoms with Crippen LogP contribution in [0.3, 0.4) is 0 Å². The highest BCUT2D eigenvalue weighted by molar-refractivity contribution is 8.14. The van der Waals surface area contributed by atoms with Gasteiger partial charge in [-0.1, -0.05) is 51.6 Å². The predicted octanol–water partition coefficient (Wildman–Crippen LogP) is 5.91. The first-order valence-corrected chi connectivity index (χ1v) is 11.4. The van der Waals surface area contributed by atoms with Crippen molar-refractivity contribution in [2.45, 2.75) is 64.8 Å². The summed E-state index contributed by atoms with van der Waals surface area (Å²) in [6.07, 6.45) is 2.28. The highest BCUT2D eigenvalue weighted by Gasteiger charge is 2.37. The molecule has 2 amide bonds. The topological polar surface area (TPSA) is 57.6 Å². The Kier molecular flexibility index (Phi) is 5.00. The molecule has 1 saturated heterocycles. The number of carbonyl (C=O) groups excluding carboxylic acids is 2. The molecular weight excluding hydrogens is 394 g/mol. The third kappa shape index (κ3) is 3.53. The summed E-state index contributed by atoms with van der Waals surface area (Å²) in [5, 5.41) is 10.5. The summed E-state index contributed by atoms with van der Waals surface area (Å²) in [6, 6.07) is 9.88. The largest absolute Gasteiger partial charge is 0.507 e. The third-order valence-corrected chi connectivity index (χ3v) is 7.59. The Morgan fingerprint density at radius 2 is 1.60 bits per heavy atom. The minimum absolute atomic E-state index is 0.0755. The normalized spacial score (nSPS) is 19.8. The summed E-state index contributed by atoms with van der Waals surface area (Å²) in [6.45, 7) is 11.5. The van der Waals surface area contributed by atoms with Crippen molar-refractivity contribution in [3.05, 3.63) is 52.6 Å². The molecule has 1 N–H and O–H groups in total. The standard InChI is InChI=1S/C25H29NO3S/c1-15-10-19-20(25(4,5)9-8-24(19,2)3)12-17(15)18-11-16(6-7-21(18)27)13-26-22(28)14-30-23(26)29/h6-7,10-12,27H,8-9,13-14H2,1-5H3. The Morgan fingerprint density at radius 3 is 2.20 bits per heavy atom. The number of benzene rings is 2. The van der Waals surface area contributed by atoms with Gasteiger partial charge in [0, 0.05) is 5.56 Å². The number of nitrogens with zero attached hydrogens (tertiary/aromatic N) is 1. The van der Waals surface area contributed by atoms with Gasteiger partial charge in [0.25, 0.3) is 5.24 Å².